The zero-order valence-corrected chi connectivity index (χ0v) is 9.77. The summed E-state index contributed by atoms with van der Waals surface area (Å²) in [5.41, 5.74) is 0.385. The molecule has 1 atom stereocenters. The second-order valence-electron chi connectivity index (χ2n) is 3.49. The molecular formula is C11H16N2O3. The number of carbonyl (C=O) groups excluding carboxylic acids is 1. The van der Waals surface area contributed by atoms with Crippen molar-refractivity contribution in [1.82, 2.24) is 9.97 Å². The van der Waals surface area contributed by atoms with Gasteiger partial charge >= 0.3 is 0 Å². The van der Waals surface area contributed by atoms with Gasteiger partial charge in [0, 0.05) is 25.7 Å². The summed E-state index contributed by atoms with van der Waals surface area (Å²) in [5.74, 6) is 0.273. The lowest BCUT2D eigenvalue weighted by atomic mass is 10.0. The molecule has 0 bridgehead atoms. The zero-order valence-electron chi connectivity index (χ0n) is 9.77. The SMILES string of the molecule is COCCC(C)C(=O)c1cc(OC)ncn1. The highest BCUT2D eigenvalue weighted by Gasteiger charge is 2.16. The van der Waals surface area contributed by atoms with Crippen molar-refractivity contribution in [3.8, 4) is 5.88 Å². The molecule has 1 aromatic heterocycles. The van der Waals surface area contributed by atoms with E-state index in [0.717, 1.165) is 0 Å². The van der Waals surface area contributed by atoms with Gasteiger partial charge in [-0.15, -0.1) is 0 Å². The minimum atomic E-state index is -0.112. The van der Waals surface area contributed by atoms with Crippen LogP contribution in [-0.4, -0.2) is 36.6 Å². The maximum Gasteiger partial charge on any atom is 0.216 e. The van der Waals surface area contributed by atoms with E-state index in [1.165, 1.54) is 13.4 Å². The first kappa shape index (κ1) is 12.6. The van der Waals surface area contributed by atoms with E-state index in [1.54, 1.807) is 13.2 Å². The average Bonchev–Trinajstić information content (AvgIpc) is 2.35. The largest absolute Gasteiger partial charge is 0.481 e. The lowest BCUT2D eigenvalue weighted by Gasteiger charge is -2.09. The minimum absolute atomic E-state index is 0.0160. The molecular weight excluding hydrogens is 208 g/mol. The van der Waals surface area contributed by atoms with Gasteiger partial charge in [0.05, 0.1) is 7.11 Å². The molecule has 1 aromatic rings. The molecule has 5 nitrogen and oxygen atoms in total. The number of ketones is 1. The first-order chi connectivity index (χ1) is 7.69. The summed E-state index contributed by atoms with van der Waals surface area (Å²) in [7, 11) is 3.12. The highest BCUT2D eigenvalue weighted by molar-refractivity contribution is 5.95. The van der Waals surface area contributed by atoms with E-state index in [4.69, 9.17) is 9.47 Å². The van der Waals surface area contributed by atoms with Crippen LogP contribution in [-0.2, 0) is 4.74 Å². The summed E-state index contributed by atoms with van der Waals surface area (Å²) in [6.45, 7) is 2.42. The van der Waals surface area contributed by atoms with Crippen LogP contribution in [0.4, 0.5) is 0 Å². The average molecular weight is 224 g/mol. The predicted molar refractivity (Wildman–Crippen MR) is 58.6 cm³/mol. The third-order valence-electron chi connectivity index (χ3n) is 2.31. The van der Waals surface area contributed by atoms with E-state index in [9.17, 15) is 4.79 Å². The second kappa shape index (κ2) is 6.17. The highest BCUT2D eigenvalue weighted by Crippen LogP contribution is 2.13. The zero-order chi connectivity index (χ0) is 12.0. The molecule has 5 heteroatoms. The van der Waals surface area contributed by atoms with Crippen LogP contribution in [0.3, 0.4) is 0 Å². The first-order valence-corrected chi connectivity index (χ1v) is 5.08. The topological polar surface area (TPSA) is 61.3 Å². The van der Waals surface area contributed by atoms with Gasteiger partial charge in [0.1, 0.15) is 12.0 Å². The van der Waals surface area contributed by atoms with E-state index in [0.29, 0.717) is 24.6 Å². The van der Waals surface area contributed by atoms with Crippen LogP contribution in [0.5, 0.6) is 5.88 Å². The number of hydrogen-bond acceptors (Lipinski definition) is 5. The van der Waals surface area contributed by atoms with Crippen molar-refractivity contribution in [2.24, 2.45) is 5.92 Å². The van der Waals surface area contributed by atoms with Gasteiger partial charge in [-0.3, -0.25) is 4.79 Å². The first-order valence-electron chi connectivity index (χ1n) is 5.08. The number of hydrogen-bond donors (Lipinski definition) is 0. The fourth-order valence-electron chi connectivity index (χ4n) is 1.26. The number of Topliss-reactive ketones (excluding diaryl/α,β-unsaturated/α-hetero) is 1. The second-order valence-corrected chi connectivity index (χ2v) is 3.49. The van der Waals surface area contributed by atoms with Gasteiger partial charge in [-0.25, -0.2) is 9.97 Å². The Morgan fingerprint density at radius 3 is 2.81 bits per heavy atom. The fraction of sp³-hybridized carbons (Fsp3) is 0.545. The van der Waals surface area contributed by atoms with Crippen LogP contribution >= 0.6 is 0 Å². The van der Waals surface area contributed by atoms with Gasteiger partial charge in [0.15, 0.2) is 5.78 Å². The quantitative estimate of drug-likeness (QED) is 0.682. The summed E-state index contributed by atoms with van der Waals surface area (Å²) in [5, 5.41) is 0. The van der Waals surface area contributed by atoms with Crippen LogP contribution in [0.2, 0.25) is 0 Å². The fourth-order valence-corrected chi connectivity index (χ4v) is 1.26. The lowest BCUT2D eigenvalue weighted by Crippen LogP contribution is -2.15. The molecule has 0 saturated carbocycles. The van der Waals surface area contributed by atoms with Crippen LogP contribution < -0.4 is 4.74 Å². The molecule has 0 radical (unpaired) electrons. The van der Waals surface area contributed by atoms with Crippen LogP contribution in [0, 0.1) is 5.92 Å². The smallest absolute Gasteiger partial charge is 0.216 e. The summed E-state index contributed by atoms with van der Waals surface area (Å²) in [6, 6.07) is 1.55. The van der Waals surface area contributed by atoms with Crippen molar-refractivity contribution in [2.75, 3.05) is 20.8 Å². The Morgan fingerprint density at radius 1 is 1.44 bits per heavy atom. The van der Waals surface area contributed by atoms with Crippen molar-refractivity contribution in [3.05, 3.63) is 18.1 Å². The van der Waals surface area contributed by atoms with Gasteiger partial charge in [-0.1, -0.05) is 6.92 Å². The molecule has 1 unspecified atom stereocenters. The highest BCUT2D eigenvalue weighted by atomic mass is 16.5. The molecule has 0 aromatic carbocycles. The molecule has 0 N–H and O–H groups in total. The number of aromatic nitrogens is 2. The molecule has 1 rings (SSSR count). The van der Waals surface area contributed by atoms with Crippen molar-refractivity contribution in [1.29, 1.82) is 0 Å². The van der Waals surface area contributed by atoms with Crippen molar-refractivity contribution in [2.45, 2.75) is 13.3 Å². The van der Waals surface area contributed by atoms with Crippen LogP contribution in [0.25, 0.3) is 0 Å². The Balaban J connectivity index is 2.71. The molecule has 0 amide bonds. The van der Waals surface area contributed by atoms with Gasteiger partial charge in [0.2, 0.25) is 5.88 Å². The number of rotatable bonds is 6. The molecule has 16 heavy (non-hydrogen) atoms. The van der Waals surface area contributed by atoms with E-state index < -0.39 is 0 Å². The number of nitrogens with zero attached hydrogens (tertiary/aromatic N) is 2. The third-order valence-corrected chi connectivity index (χ3v) is 2.31. The van der Waals surface area contributed by atoms with Gasteiger partial charge < -0.3 is 9.47 Å². The molecule has 88 valence electrons. The molecule has 0 aliphatic rings. The summed E-state index contributed by atoms with van der Waals surface area (Å²) in [6.07, 6.45) is 2.01. The predicted octanol–water partition coefficient (Wildman–Crippen LogP) is 1.34. The number of methoxy groups -OCH3 is 2. The van der Waals surface area contributed by atoms with Crippen LogP contribution in [0.1, 0.15) is 23.8 Å². The molecule has 0 aliphatic carbocycles. The summed E-state index contributed by atoms with van der Waals surface area (Å²) in [4.78, 5) is 19.7. The van der Waals surface area contributed by atoms with E-state index in [1.807, 2.05) is 6.92 Å². The molecule has 0 spiro atoms. The lowest BCUT2D eigenvalue weighted by molar-refractivity contribution is 0.0888. The maximum absolute atomic E-state index is 11.9. The molecule has 0 saturated heterocycles. The van der Waals surface area contributed by atoms with Gasteiger partial charge in [0.25, 0.3) is 0 Å². The molecule has 0 aliphatic heterocycles. The maximum atomic E-state index is 11.9. The monoisotopic (exact) mass is 224 g/mol. The minimum Gasteiger partial charge on any atom is -0.481 e. The number of ether oxygens (including phenoxy) is 2. The Labute approximate surface area is 94.8 Å². The standard InChI is InChI=1S/C11H16N2O3/c1-8(4-5-15-2)11(14)9-6-10(16-3)13-7-12-9/h6-8H,4-5H2,1-3H3. The van der Waals surface area contributed by atoms with Crippen LogP contribution in [0.15, 0.2) is 12.4 Å². The van der Waals surface area contributed by atoms with E-state index in [-0.39, 0.29) is 11.7 Å². The van der Waals surface area contributed by atoms with E-state index in [2.05, 4.69) is 9.97 Å². The van der Waals surface area contributed by atoms with Crippen molar-refractivity contribution < 1.29 is 14.3 Å². The molecule has 1 heterocycles. The Morgan fingerprint density at radius 2 is 2.19 bits per heavy atom. The normalized spacial score (nSPS) is 12.2. The Hall–Kier alpha value is -1.49. The molecule has 0 fully saturated rings. The summed E-state index contributed by atoms with van der Waals surface area (Å²) < 4.78 is 9.87. The van der Waals surface area contributed by atoms with Crippen molar-refractivity contribution >= 4 is 5.78 Å². The third kappa shape index (κ3) is 3.27. The van der Waals surface area contributed by atoms with Crippen molar-refractivity contribution in [3.63, 3.8) is 0 Å². The van der Waals surface area contributed by atoms with Gasteiger partial charge in [-0.05, 0) is 6.42 Å². The Bertz CT molecular complexity index is 355. The van der Waals surface area contributed by atoms with E-state index >= 15 is 0 Å². The number of carbonyl (C=O) groups is 1. The summed E-state index contributed by atoms with van der Waals surface area (Å²) >= 11 is 0. The van der Waals surface area contributed by atoms with Gasteiger partial charge in [-0.2, -0.15) is 0 Å². The Kier molecular flexibility index (Phi) is 4.85.